The van der Waals surface area contributed by atoms with Crippen LogP contribution in [0.15, 0.2) is 29.2 Å². The zero-order valence-electron chi connectivity index (χ0n) is 8.23. The van der Waals surface area contributed by atoms with Crippen LogP contribution in [-0.4, -0.2) is 20.6 Å². The van der Waals surface area contributed by atoms with Crippen LogP contribution in [0.4, 0.5) is 8.78 Å². The molecule has 0 aromatic heterocycles. The molecule has 0 spiro atoms. The molecule has 3 nitrogen and oxygen atoms in total. The minimum Gasteiger partial charge on any atom is -0.224 e. The number of hydrogen-bond donors (Lipinski definition) is 0. The van der Waals surface area contributed by atoms with Crippen LogP contribution in [0.5, 0.6) is 0 Å². The van der Waals surface area contributed by atoms with Gasteiger partial charge in [-0.15, -0.1) is 0 Å². The molecular formula is C10H9F2NO2S. The number of alkyl halides is 2. The van der Waals surface area contributed by atoms with E-state index in [-0.39, 0.29) is 10.5 Å². The summed E-state index contributed by atoms with van der Waals surface area (Å²) in [5, 5.41) is 8.58. The van der Waals surface area contributed by atoms with Crippen LogP contribution < -0.4 is 0 Å². The van der Waals surface area contributed by atoms with E-state index in [1.165, 1.54) is 24.3 Å². The number of rotatable bonds is 4. The van der Waals surface area contributed by atoms with Crippen molar-refractivity contribution in [3.63, 3.8) is 0 Å². The summed E-state index contributed by atoms with van der Waals surface area (Å²) in [5.74, 6) is -0.612. The predicted molar refractivity (Wildman–Crippen MR) is 53.8 cm³/mol. The molecule has 16 heavy (non-hydrogen) atoms. The van der Waals surface area contributed by atoms with Crippen LogP contribution in [0.3, 0.4) is 0 Å². The molecule has 0 N–H and O–H groups in total. The Balaban J connectivity index is 2.95. The van der Waals surface area contributed by atoms with E-state index in [2.05, 4.69) is 0 Å². The van der Waals surface area contributed by atoms with Gasteiger partial charge in [-0.3, -0.25) is 0 Å². The molecule has 6 heteroatoms. The minimum absolute atomic E-state index is 0.0906. The first-order valence-corrected chi connectivity index (χ1v) is 6.12. The van der Waals surface area contributed by atoms with Crippen LogP contribution in [0, 0.1) is 11.3 Å². The molecule has 0 fully saturated rings. The second-order valence-corrected chi connectivity index (χ2v) is 5.25. The lowest BCUT2D eigenvalue weighted by atomic mass is 10.2. The van der Waals surface area contributed by atoms with Crippen molar-refractivity contribution in [2.45, 2.75) is 17.7 Å². The van der Waals surface area contributed by atoms with Crippen LogP contribution >= 0.6 is 0 Å². The maximum atomic E-state index is 11.9. The molecule has 0 atom stereocenters. The van der Waals surface area contributed by atoms with Crippen LogP contribution in [-0.2, 0) is 9.84 Å². The average Bonchev–Trinajstić information content (AvgIpc) is 2.27. The summed E-state index contributed by atoms with van der Waals surface area (Å²) in [5.41, 5.74) is 0.193. The first-order valence-electron chi connectivity index (χ1n) is 4.47. The molecule has 86 valence electrons. The Morgan fingerprint density at radius 2 is 2.06 bits per heavy atom. The van der Waals surface area contributed by atoms with E-state index in [9.17, 15) is 17.2 Å². The fourth-order valence-electron chi connectivity index (χ4n) is 1.12. The normalized spacial score (nSPS) is 11.4. The fraction of sp³-hybridized carbons (Fsp3) is 0.300. The summed E-state index contributed by atoms with van der Waals surface area (Å²) in [7, 11) is -3.72. The summed E-state index contributed by atoms with van der Waals surface area (Å²) in [6.45, 7) is 0. The molecule has 0 aliphatic heterocycles. The maximum Gasteiger partial charge on any atom is 0.239 e. The average molecular weight is 245 g/mol. The van der Waals surface area contributed by atoms with E-state index in [0.29, 0.717) is 0 Å². The van der Waals surface area contributed by atoms with Gasteiger partial charge in [0.05, 0.1) is 22.3 Å². The number of halogens is 2. The quantitative estimate of drug-likeness (QED) is 0.815. The third-order valence-corrected chi connectivity index (χ3v) is 3.67. The van der Waals surface area contributed by atoms with Crippen molar-refractivity contribution < 1.29 is 17.2 Å². The monoisotopic (exact) mass is 245 g/mol. The summed E-state index contributed by atoms with van der Waals surface area (Å²) < 4.78 is 46.9. The van der Waals surface area contributed by atoms with E-state index in [0.717, 1.165) is 0 Å². The topological polar surface area (TPSA) is 57.9 Å². The third-order valence-electron chi connectivity index (χ3n) is 1.93. The van der Waals surface area contributed by atoms with Gasteiger partial charge >= 0.3 is 0 Å². The highest BCUT2D eigenvalue weighted by molar-refractivity contribution is 7.91. The van der Waals surface area contributed by atoms with Gasteiger partial charge in [-0.05, 0) is 18.2 Å². The fourth-order valence-corrected chi connectivity index (χ4v) is 2.44. The lowest BCUT2D eigenvalue weighted by Gasteiger charge is -2.03. The van der Waals surface area contributed by atoms with Gasteiger partial charge in [0.2, 0.25) is 6.43 Å². The van der Waals surface area contributed by atoms with Crippen molar-refractivity contribution in [1.82, 2.24) is 0 Å². The van der Waals surface area contributed by atoms with Crippen molar-refractivity contribution >= 4 is 9.84 Å². The number of benzene rings is 1. The maximum absolute atomic E-state index is 11.9. The Labute approximate surface area is 92.2 Å². The van der Waals surface area contributed by atoms with Crippen molar-refractivity contribution in [3.8, 4) is 6.07 Å². The Morgan fingerprint density at radius 1 is 1.38 bits per heavy atom. The Bertz CT molecular complexity index is 506. The van der Waals surface area contributed by atoms with Gasteiger partial charge in [-0.1, -0.05) is 6.07 Å². The standard InChI is InChI=1S/C10H9F2NO2S/c11-10(12)4-5-16(14,15)9-3-1-2-8(6-9)7-13/h1-3,6,10H,4-5H2. The Hall–Kier alpha value is -1.48. The van der Waals surface area contributed by atoms with Gasteiger partial charge in [0, 0.05) is 6.42 Å². The minimum atomic E-state index is -3.72. The van der Waals surface area contributed by atoms with Gasteiger partial charge in [0.25, 0.3) is 0 Å². The molecule has 1 aromatic carbocycles. The van der Waals surface area contributed by atoms with Crippen LogP contribution in [0.2, 0.25) is 0 Å². The van der Waals surface area contributed by atoms with Gasteiger partial charge < -0.3 is 0 Å². The molecular weight excluding hydrogens is 236 g/mol. The smallest absolute Gasteiger partial charge is 0.224 e. The lowest BCUT2D eigenvalue weighted by Crippen LogP contribution is -2.10. The van der Waals surface area contributed by atoms with Crippen LogP contribution in [0.25, 0.3) is 0 Å². The first-order chi connectivity index (χ1) is 7.45. The molecule has 0 aliphatic rings. The van der Waals surface area contributed by atoms with E-state index >= 15 is 0 Å². The van der Waals surface area contributed by atoms with Gasteiger partial charge in [-0.2, -0.15) is 5.26 Å². The van der Waals surface area contributed by atoms with Gasteiger partial charge in [-0.25, -0.2) is 17.2 Å². The number of hydrogen-bond acceptors (Lipinski definition) is 3. The first kappa shape index (κ1) is 12.6. The Morgan fingerprint density at radius 3 is 2.62 bits per heavy atom. The third kappa shape index (κ3) is 3.28. The Kier molecular flexibility index (Phi) is 3.96. The second-order valence-electron chi connectivity index (χ2n) is 3.14. The largest absolute Gasteiger partial charge is 0.239 e. The second kappa shape index (κ2) is 5.03. The highest BCUT2D eigenvalue weighted by atomic mass is 32.2. The molecule has 0 heterocycles. The molecule has 0 unspecified atom stereocenters. The van der Waals surface area contributed by atoms with Gasteiger partial charge in [0.1, 0.15) is 0 Å². The number of nitriles is 1. The van der Waals surface area contributed by atoms with E-state index in [1.54, 1.807) is 6.07 Å². The molecule has 0 saturated heterocycles. The van der Waals surface area contributed by atoms with Crippen molar-refractivity contribution in [2.75, 3.05) is 5.75 Å². The zero-order valence-corrected chi connectivity index (χ0v) is 9.05. The number of sulfone groups is 1. The molecule has 0 saturated carbocycles. The zero-order chi connectivity index (χ0) is 12.2. The highest BCUT2D eigenvalue weighted by Gasteiger charge is 2.17. The van der Waals surface area contributed by atoms with E-state index in [4.69, 9.17) is 5.26 Å². The SMILES string of the molecule is N#Cc1cccc(S(=O)(=O)CCC(F)F)c1. The van der Waals surface area contributed by atoms with Crippen molar-refractivity contribution in [3.05, 3.63) is 29.8 Å². The highest BCUT2D eigenvalue weighted by Crippen LogP contribution is 2.15. The molecule has 0 amide bonds. The van der Waals surface area contributed by atoms with Crippen molar-refractivity contribution in [1.29, 1.82) is 5.26 Å². The summed E-state index contributed by atoms with van der Waals surface area (Å²) in [6, 6.07) is 7.13. The summed E-state index contributed by atoms with van der Waals surface area (Å²) in [6.07, 6.45) is -3.34. The molecule has 0 radical (unpaired) electrons. The predicted octanol–water partition coefficient (Wildman–Crippen LogP) is 1.99. The lowest BCUT2D eigenvalue weighted by molar-refractivity contribution is 0.145. The van der Waals surface area contributed by atoms with Crippen molar-refractivity contribution in [2.24, 2.45) is 0 Å². The molecule has 1 aromatic rings. The summed E-state index contributed by atoms with van der Waals surface area (Å²) in [4.78, 5) is -0.0906. The summed E-state index contributed by atoms with van der Waals surface area (Å²) >= 11 is 0. The van der Waals surface area contributed by atoms with Crippen LogP contribution in [0.1, 0.15) is 12.0 Å². The molecule has 0 bridgehead atoms. The van der Waals surface area contributed by atoms with Gasteiger partial charge in [0.15, 0.2) is 9.84 Å². The molecule has 1 rings (SSSR count). The van der Waals surface area contributed by atoms with E-state index in [1.807, 2.05) is 0 Å². The van der Waals surface area contributed by atoms with E-state index < -0.39 is 28.4 Å². The molecule has 0 aliphatic carbocycles. The number of nitrogens with zero attached hydrogens (tertiary/aromatic N) is 1.